The summed E-state index contributed by atoms with van der Waals surface area (Å²) in [5.41, 5.74) is 0.766. The van der Waals surface area contributed by atoms with Gasteiger partial charge in [0.2, 0.25) is 11.0 Å². The lowest BCUT2D eigenvalue weighted by atomic mass is 9.88. The first-order valence-electron chi connectivity index (χ1n) is 6.50. The largest absolute Gasteiger partial charge is 0.316 e. The summed E-state index contributed by atoms with van der Waals surface area (Å²) in [7, 11) is 0. The SMILES string of the molecule is CC(C(=O)Nc1nnc(-c2ccccn2)s1)C1CNC1.Cl.Cl. The van der Waals surface area contributed by atoms with Crippen LogP contribution in [0.3, 0.4) is 0 Å². The molecule has 0 bridgehead atoms. The summed E-state index contributed by atoms with van der Waals surface area (Å²) < 4.78 is 0. The van der Waals surface area contributed by atoms with E-state index in [-0.39, 0.29) is 36.6 Å². The molecule has 3 heterocycles. The van der Waals surface area contributed by atoms with Gasteiger partial charge in [-0.1, -0.05) is 24.3 Å². The lowest BCUT2D eigenvalue weighted by Crippen LogP contribution is -2.48. The first kappa shape index (κ1) is 18.8. The van der Waals surface area contributed by atoms with E-state index in [2.05, 4.69) is 25.8 Å². The van der Waals surface area contributed by atoms with Crippen LogP contribution in [-0.2, 0) is 4.79 Å². The van der Waals surface area contributed by atoms with E-state index < -0.39 is 0 Å². The molecule has 9 heteroatoms. The number of hydrogen-bond donors (Lipinski definition) is 2. The lowest BCUT2D eigenvalue weighted by molar-refractivity contribution is -0.121. The molecule has 1 amide bonds. The van der Waals surface area contributed by atoms with E-state index in [0.717, 1.165) is 18.8 Å². The number of amides is 1. The third-order valence-corrected chi connectivity index (χ3v) is 4.33. The monoisotopic (exact) mass is 361 g/mol. The zero-order chi connectivity index (χ0) is 13.9. The average molecular weight is 362 g/mol. The van der Waals surface area contributed by atoms with Crippen LogP contribution < -0.4 is 10.6 Å². The molecule has 2 N–H and O–H groups in total. The van der Waals surface area contributed by atoms with Gasteiger partial charge in [0.25, 0.3) is 0 Å². The molecular weight excluding hydrogens is 345 g/mol. The number of carbonyl (C=O) groups is 1. The quantitative estimate of drug-likeness (QED) is 0.872. The highest BCUT2D eigenvalue weighted by Crippen LogP contribution is 2.25. The van der Waals surface area contributed by atoms with E-state index >= 15 is 0 Å². The number of carbonyl (C=O) groups excluding carboxylic acids is 1. The van der Waals surface area contributed by atoms with Crippen molar-refractivity contribution in [3.05, 3.63) is 24.4 Å². The molecule has 1 aliphatic rings. The third-order valence-electron chi connectivity index (χ3n) is 3.47. The van der Waals surface area contributed by atoms with Crippen LogP contribution in [-0.4, -0.2) is 34.2 Å². The number of nitrogens with zero attached hydrogens (tertiary/aromatic N) is 3. The first-order valence-corrected chi connectivity index (χ1v) is 7.32. The van der Waals surface area contributed by atoms with Crippen LogP contribution in [0.15, 0.2) is 24.4 Å². The molecule has 2 aromatic heterocycles. The fraction of sp³-hybridized carbons (Fsp3) is 0.385. The van der Waals surface area contributed by atoms with Crippen LogP contribution in [0.4, 0.5) is 5.13 Å². The Labute approximate surface area is 145 Å². The number of hydrogen-bond acceptors (Lipinski definition) is 6. The van der Waals surface area contributed by atoms with Crippen molar-refractivity contribution in [2.45, 2.75) is 6.92 Å². The maximum atomic E-state index is 12.1. The number of aromatic nitrogens is 3. The molecule has 0 saturated carbocycles. The van der Waals surface area contributed by atoms with Gasteiger partial charge in [-0.05, 0) is 31.1 Å². The summed E-state index contributed by atoms with van der Waals surface area (Å²) in [4.78, 5) is 16.3. The summed E-state index contributed by atoms with van der Waals surface area (Å²) in [5, 5.41) is 15.3. The van der Waals surface area contributed by atoms with Gasteiger partial charge in [-0.2, -0.15) is 0 Å². The molecule has 0 spiro atoms. The van der Waals surface area contributed by atoms with Gasteiger partial charge < -0.3 is 10.6 Å². The van der Waals surface area contributed by atoms with Gasteiger partial charge >= 0.3 is 0 Å². The zero-order valence-corrected chi connectivity index (χ0v) is 14.3. The summed E-state index contributed by atoms with van der Waals surface area (Å²) in [6, 6.07) is 5.62. The molecule has 1 aliphatic heterocycles. The van der Waals surface area contributed by atoms with Crippen molar-refractivity contribution < 1.29 is 4.79 Å². The second kappa shape index (κ2) is 8.38. The van der Waals surface area contributed by atoms with Gasteiger partial charge in [0.05, 0.1) is 0 Å². The van der Waals surface area contributed by atoms with E-state index in [9.17, 15) is 4.79 Å². The van der Waals surface area contributed by atoms with Crippen molar-refractivity contribution in [2.24, 2.45) is 11.8 Å². The lowest BCUT2D eigenvalue weighted by Gasteiger charge is -2.31. The Balaban J connectivity index is 0.00000121. The number of rotatable bonds is 4. The molecule has 1 saturated heterocycles. The van der Waals surface area contributed by atoms with Gasteiger partial charge in [-0.25, -0.2) is 0 Å². The topological polar surface area (TPSA) is 79.8 Å². The number of pyridine rings is 1. The van der Waals surface area contributed by atoms with Gasteiger partial charge in [0.15, 0.2) is 5.01 Å². The van der Waals surface area contributed by atoms with E-state index in [0.29, 0.717) is 16.1 Å². The summed E-state index contributed by atoms with van der Waals surface area (Å²) >= 11 is 1.34. The summed E-state index contributed by atoms with van der Waals surface area (Å²) in [5.74, 6) is 0.400. The van der Waals surface area contributed by atoms with Gasteiger partial charge in [-0.3, -0.25) is 9.78 Å². The third kappa shape index (κ3) is 4.13. The highest BCUT2D eigenvalue weighted by atomic mass is 35.5. The Bertz CT molecular complexity index is 605. The van der Waals surface area contributed by atoms with Crippen LogP contribution in [0.2, 0.25) is 0 Å². The van der Waals surface area contributed by atoms with E-state index in [1.54, 1.807) is 6.20 Å². The molecule has 0 aliphatic carbocycles. The van der Waals surface area contributed by atoms with Gasteiger partial charge in [-0.15, -0.1) is 35.0 Å². The molecule has 1 atom stereocenters. The normalized spacial score (nSPS) is 15.0. The predicted octanol–water partition coefficient (Wildman–Crippen LogP) is 2.24. The van der Waals surface area contributed by atoms with Crippen LogP contribution in [0.25, 0.3) is 10.7 Å². The minimum Gasteiger partial charge on any atom is -0.316 e. The highest BCUT2D eigenvalue weighted by molar-refractivity contribution is 7.18. The second-order valence-corrected chi connectivity index (χ2v) is 5.80. The van der Waals surface area contributed by atoms with Crippen LogP contribution in [0.5, 0.6) is 0 Å². The fourth-order valence-corrected chi connectivity index (χ4v) is 2.69. The Morgan fingerprint density at radius 3 is 2.73 bits per heavy atom. The minimum atomic E-state index is -0.0153. The van der Waals surface area contributed by atoms with Crippen molar-refractivity contribution in [3.63, 3.8) is 0 Å². The number of halogens is 2. The summed E-state index contributed by atoms with van der Waals surface area (Å²) in [6.45, 7) is 3.76. The molecular formula is C13H17Cl2N5OS. The minimum absolute atomic E-state index is 0. The van der Waals surface area contributed by atoms with E-state index in [1.165, 1.54) is 11.3 Å². The van der Waals surface area contributed by atoms with Crippen molar-refractivity contribution in [1.29, 1.82) is 0 Å². The van der Waals surface area contributed by atoms with E-state index in [1.807, 2.05) is 25.1 Å². The molecule has 2 aromatic rings. The average Bonchev–Trinajstić information content (AvgIpc) is 2.86. The zero-order valence-electron chi connectivity index (χ0n) is 11.9. The van der Waals surface area contributed by atoms with Crippen molar-refractivity contribution in [1.82, 2.24) is 20.5 Å². The van der Waals surface area contributed by atoms with Crippen molar-refractivity contribution in [2.75, 3.05) is 18.4 Å². The molecule has 0 radical (unpaired) electrons. The fourth-order valence-electron chi connectivity index (χ4n) is 1.96. The molecule has 0 aromatic carbocycles. The van der Waals surface area contributed by atoms with E-state index in [4.69, 9.17) is 0 Å². The second-order valence-electron chi connectivity index (χ2n) is 4.82. The molecule has 1 unspecified atom stereocenters. The Morgan fingerprint density at radius 2 is 2.14 bits per heavy atom. The maximum Gasteiger partial charge on any atom is 0.229 e. The first-order chi connectivity index (χ1) is 9.74. The molecule has 22 heavy (non-hydrogen) atoms. The van der Waals surface area contributed by atoms with Crippen molar-refractivity contribution >= 4 is 47.2 Å². The maximum absolute atomic E-state index is 12.1. The highest BCUT2D eigenvalue weighted by Gasteiger charge is 2.29. The number of nitrogens with one attached hydrogen (secondary N) is 2. The van der Waals surface area contributed by atoms with Crippen molar-refractivity contribution in [3.8, 4) is 10.7 Å². The smallest absolute Gasteiger partial charge is 0.229 e. The van der Waals surface area contributed by atoms with Gasteiger partial charge in [0, 0.05) is 12.1 Å². The Hall–Kier alpha value is -1.28. The molecule has 6 nitrogen and oxygen atoms in total. The van der Waals surface area contributed by atoms with Crippen LogP contribution >= 0.6 is 36.2 Å². The molecule has 1 fully saturated rings. The Morgan fingerprint density at radius 1 is 1.36 bits per heavy atom. The predicted molar refractivity (Wildman–Crippen MR) is 91.8 cm³/mol. The van der Waals surface area contributed by atoms with Crippen LogP contribution in [0, 0.1) is 11.8 Å². The van der Waals surface area contributed by atoms with Gasteiger partial charge in [0.1, 0.15) is 5.69 Å². The molecule has 120 valence electrons. The Kier molecular flexibility index (Phi) is 7.15. The summed E-state index contributed by atoms with van der Waals surface area (Å²) in [6.07, 6.45) is 1.71. The standard InChI is InChI=1S/C13H15N5OS.2ClH/c1-8(9-6-14-7-9)11(19)16-13-18-17-12(20-13)10-4-2-3-5-15-10;;/h2-5,8-9,14H,6-7H2,1H3,(H,16,18,19);2*1H. The molecule has 3 rings (SSSR count). The number of anilines is 1. The van der Waals surface area contributed by atoms with Crippen LogP contribution in [0.1, 0.15) is 6.92 Å².